The van der Waals surface area contributed by atoms with Gasteiger partial charge in [-0.1, -0.05) is 37.1 Å². The van der Waals surface area contributed by atoms with Crippen LogP contribution in [-0.2, 0) is 12.8 Å². The molecule has 1 aromatic rings. The molecule has 17 heavy (non-hydrogen) atoms. The molecule has 1 aliphatic rings. The summed E-state index contributed by atoms with van der Waals surface area (Å²) in [7, 11) is 0. The predicted octanol–water partition coefficient (Wildman–Crippen LogP) is 2.30. The Labute approximate surface area is 104 Å². The van der Waals surface area contributed by atoms with Crippen LogP contribution in [0.15, 0.2) is 24.3 Å². The Kier molecular flexibility index (Phi) is 5.02. The molecule has 0 unspecified atom stereocenters. The number of benzene rings is 1. The van der Waals surface area contributed by atoms with Crippen molar-refractivity contribution in [3.63, 3.8) is 0 Å². The Hall–Kier alpha value is -0.860. The van der Waals surface area contributed by atoms with Crippen molar-refractivity contribution in [3.05, 3.63) is 35.4 Å². The summed E-state index contributed by atoms with van der Waals surface area (Å²) in [5.41, 5.74) is 3.04. The lowest BCUT2D eigenvalue weighted by Crippen LogP contribution is -2.30. The van der Waals surface area contributed by atoms with Crippen molar-refractivity contribution in [2.45, 2.75) is 44.6 Å². The van der Waals surface area contributed by atoms with Gasteiger partial charge in [0.25, 0.3) is 0 Å². The van der Waals surface area contributed by atoms with Crippen molar-refractivity contribution in [3.8, 4) is 0 Å². The first-order chi connectivity index (χ1) is 8.40. The van der Waals surface area contributed by atoms with E-state index in [-0.39, 0.29) is 0 Å². The van der Waals surface area contributed by atoms with Crippen LogP contribution in [-0.4, -0.2) is 24.3 Å². The zero-order chi connectivity index (χ0) is 11.9. The third-order valence-corrected chi connectivity index (χ3v) is 3.57. The number of hydrogen-bond acceptors (Lipinski definition) is 2. The van der Waals surface area contributed by atoms with Crippen molar-refractivity contribution in [2.24, 2.45) is 0 Å². The number of unbranched alkanes of at least 4 members (excludes halogenated alkanes) is 3. The molecule has 0 saturated heterocycles. The average molecular weight is 233 g/mol. The lowest BCUT2D eigenvalue weighted by Gasteiger charge is -2.11. The molecule has 0 aliphatic heterocycles. The fourth-order valence-corrected chi connectivity index (χ4v) is 2.60. The van der Waals surface area contributed by atoms with E-state index in [0.717, 1.165) is 19.4 Å². The molecule has 2 heteroatoms. The molecule has 1 aromatic carbocycles. The minimum absolute atomic E-state index is 0.339. The highest BCUT2D eigenvalue weighted by atomic mass is 16.2. The summed E-state index contributed by atoms with van der Waals surface area (Å²) in [6, 6.07) is 9.41. The van der Waals surface area contributed by atoms with Gasteiger partial charge in [-0.3, -0.25) is 0 Å². The lowest BCUT2D eigenvalue weighted by atomic mass is 10.1. The lowest BCUT2D eigenvalue weighted by molar-refractivity contribution is 0.282. The second-order valence-corrected chi connectivity index (χ2v) is 4.97. The first-order valence-corrected chi connectivity index (χ1v) is 6.81. The van der Waals surface area contributed by atoms with Crippen LogP contribution < -0.4 is 5.32 Å². The van der Waals surface area contributed by atoms with Crippen LogP contribution in [0.1, 0.15) is 36.8 Å². The highest BCUT2D eigenvalue weighted by molar-refractivity contribution is 5.33. The Morgan fingerprint density at radius 1 is 1.00 bits per heavy atom. The highest BCUT2D eigenvalue weighted by Crippen LogP contribution is 2.21. The molecule has 0 bridgehead atoms. The van der Waals surface area contributed by atoms with Crippen LogP contribution in [0.25, 0.3) is 0 Å². The third kappa shape index (κ3) is 3.83. The SMILES string of the molecule is OCCCCCCNC1Cc2ccccc2C1. The molecule has 0 aromatic heterocycles. The summed E-state index contributed by atoms with van der Waals surface area (Å²) in [5, 5.41) is 12.3. The smallest absolute Gasteiger partial charge is 0.0431 e. The Morgan fingerprint density at radius 3 is 2.29 bits per heavy atom. The molecular weight excluding hydrogens is 210 g/mol. The minimum Gasteiger partial charge on any atom is -0.396 e. The molecular formula is C15H23NO. The van der Waals surface area contributed by atoms with Gasteiger partial charge in [0, 0.05) is 12.6 Å². The molecule has 0 spiro atoms. The first-order valence-electron chi connectivity index (χ1n) is 6.81. The summed E-state index contributed by atoms with van der Waals surface area (Å²) in [6.07, 6.45) is 6.94. The average Bonchev–Trinajstić information content (AvgIpc) is 2.76. The fraction of sp³-hybridized carbons (Fsp3) is 0.600. The van der Waals surface area contributed by atoms with Crippen LogP contribution in [0.5, 0.6) is 0 Å². The van der Waals surface area contributed by atoms with Crippen molar-refractivity contribution < 1.29 is 5.11 Å². The largest absolute Gasteiger partial charge is 0.396 e. The second-order valence-electron chi connectivity index (χ2n) is 4.97. The molecule has 2 N–H and O–H groups in total. The summed E-state index contributed by atoms with van der Waals surface area (Å²) in [5.74, 6) is 0. The number of fused-ring (bicyclic) bond motifs is 1. The molecule has 0 radical (unpaired) electrons. The molecule has 1 aliphatic carbocycles. The summed E-state index contributed by atoms with van der Waals surface area (Å²) in [6.45, 7) is 1.45. The second kappa shape index (κ2) is 6.77. The van der Waals surface area contributed by atoms with E-state index >= 15 is 0 Å². The fourth-order valence-electron chi connectivity index (χ4n) is 2.60. The minimum atomic E-state index is 0.339. The van der Waals surface area contributed by atoms with Gasteiger partial charge < -0.3 is 10.4 Å². The van der Waals surface area contributed by atoms with E-state index in [4.69, 9.17) is 5.11 Å². The van der Waals surface area contributed by atoms with E-state index in [1.165, 1.54) is 36.8 Å². The van der Waals surface area contributed by atoms with Crippen molar-refractivity contribution in [1.29, 1.82) is 0 Å². The summed E-state index contributed by atoms with van der Waals surface area (Å²) >= 11 is 0. The Morgan fingerprint density at radius 2 is 1.65 bits per heavy atom. The van der Waals surface area contributed by atoms with Crippen LogP contribution in [0, 0.1) is 0 Å². The van der Waals surface area contributed by atoms with E-state index in [2.05, 4.69) is 29.6 Å². The maximum Gasteiger partial charge on any atom is 0.0431 e. The van der Waals surface area contributed by atoms with E-state index in [1.54, 1.807) is 0 Å². The summed E-state index contributed by atoms with van der Waals surface area (Å²) in [4.78, 5) is 0. The van der Waals surface area contributed by atoms with Crippen LogP contribution in [0.3, 0.4) is 0 Å². The number of aliphatic hydroxyl groups excluding tert-OH is 1. The van der Waals surface area contributed by atoms with Gasteiger partial charge in [0.1, 0.15) is 0 Å². The quantitative estimate of drug-likeness (QED) is 0.708. The topological polar surface area (TPSA) is 32.3 Å². The number of nitrogens with one attached hydrogen (secondary N) is 1. The Balaban J connectivity index is 1.60. The molecule has 2 nitrogen and oxygen atoms in total. The third-order valence-electron chi connectivity index (χ3n) is 3.57. The van der Waals surface area contributed by atoms with Gasteiger partial charge >= 0.3 is 0 Å². The molecule has 94 valence electrons. The first kappa shape index (κ1) is 12.6. The van der Waals surface area contributed by atoms with Gasteiger partial charge in [0.2, 0.25) is 0 Å². The Bertz CT molecular complexity index is 312. The normalized spacial score (nSPS) is 15.1. The van der Waals surface area contributed by atoms with Gasteiger partial charge in [0.05, 0.1) is 0 Å². The number of hydrogen-bond donors (Lipinski definition) is 2. The molecule has 2 rings (SSSR count). The van der Waals surface area contributed by atoms with Crippen molar-refractivity contribution >= 4 is 0 Å². The monoisotopic (exact) mass is 233 g/mol. The van der Waals surface area contributed by atoms with E-state index in [0.29, 0.717) is 12.6 Å². The molecule has 0 atom stereocenters. The molecule has 0 saturated carbocycles. The number of rotatable bonds is 7. The van der Waals surface area contributed by atoms with E-state index < -0.39 is 0 Å². The zero-order valence-electron chi connectivity index (χ0n) is 10.5. The van der Waals surface area contributed by atoms with Gasteiger partial charge in [-0.15, -0.1) is 0 Å². The van der Waals surface area contributed by atoms with Gasteiger partial charge in [-0.05, 0) is 43.4 Å². The standard InChI is InChI=1S/C15H23NO/c17-10-6-2-1-5-9-16-15-11-13-7-3-4-8-14(13)12-15/h3-4,7-8,15-17H,1-2,5-6,9-12H2. The van der Waals surface area contributed by atoms with Crippen molar-refractivity contribution in [2.75, 3.05) is 13.2 Å². The van der Waals surface area contributed by atoms with Crippen LogP contribution in [0.4, 0.5) is 0 Å². The number of aliphatic hydroxyl groups is 1. The molecule has 0 amide bonds. The van der Waals surface area contributed by atoms with Crippen LogP contribution in [0.2, 0.25) is 0 Å². The van der Waals surface area contributed by atoms with Gasteiger partial charge in [-0.25, -0.2) is 0 Å². The van der Waals surface area contributed by atoms with Gasteiger partial charge in [-0.2, -0.15) is 0 Å². The molecule has 0 heterocycles. The highest BCUT2D eigenvalue weighted by Gasteiger charge is 2.19. The zero-order valence-corrected chi connectivity index (χ0v) is 10.5. The van der Waals surface area contributed by atoms with Crippen LogP contribution >= 0.6 is 0 Å². The van der Waals surface area contributed by atoms with Gasteiger partial charge in [0.15, 0.2) is 0 Å². The maximum absolute atomic E-state index is 8.68. The predicted molar refractivity (Wildman–Crippen MR) is 71.2 cm³/mol. The maximum atomic E-state index is 8.68. The van der Waals surface area contributed by atoms with Crippen molar-refractivity contribution in [1.82, 2.24) is 5.32 Å². The van der Waals surface area contributed by atoms with E-state index in [9.17, 15) is 0 Å². The molecule has 0 fully saturated rings. The van der Waals surface area contributed by atoms with E-state index in [1.807, 2.05) is 0 Å². The summed E-state index contributed by atoms with van der Waals surface area (Å²) < 4.78 is 0.